The monoisotopic (exact) mass is 537 g/mol. The first kappa shape index (κ1) is 27.0. The number of hydrogen-bond acceptors (Lipinski definition) is 7. The smallest absolute Gasteiger partial charge is 0.307 e. The van der Waals surface area contributed by atoms with E-state index in [0.29, 0.717) is 41.2 Å². The molecule has 2 aliphatic rings. The third-order valence-electron chi connectivity index (χ3n) is 6.81. The summed E-state index contributed by atoms with van der Waals surface area (Å²) in [5.74, 6) is -0.579. The molecule has 8 nitrogen and oxygen atoms in total. The number of rotatable bonds is 10. The zero-order valence-electron chi connectivity index (χ0n) is 20.1. The Morgan fingerprint density at radius 2 is 1.83 bits per heavy atom. The molecular formula is C26H33Cl2N3O5. The fourth-order valence-corrected chi connectivity index (χ4v) is 5.37. The Morgan fingerprint density at radius 3 is 2.50 bits per heavy atom. The average molecular weight is 538 g/mol. The number of nitrogens with zero attached hydrogens (tertiary/aromatic N) is 2. The number of aliphatic carboxylic acids is 1. The van der Waals surface area contributed by atoms with E-state index in [9.17, 15) is 15.0 Å². The predicted molar refractivity (Wildman–Crippen MR) is 140 cm³/mol. The molecule has 2 heterocycles. The first-order valence-corrected chi connectivity index (χ1v) is 13.0. The summed E-state index contributed by atoms with van der Waals surface area (Å²) in [6.07, 6.45) is 1.20. The maximum Gasteiger partial charge on any atom is 0.307 e. The number of likely N-dealkylation sites (tertiary alicyclic amines) is 1. The molecule has 0 unspecified atom stereocenters. The fourth-order valence-electron chi connectivity index (χ4n) is 5.00. The number of ether oxygens (including phenoxy) is 1. The molecular weight excluding hydrogens is 505 g/mol. The molecule has 4 rings (SSSR count). The molecule has 36 heavy (non-hydrogen) atoms. The number of halogens is 2. The number of carboxylic acids is 1. The van der Waals surface area contributed by atoms with Crippen LogP contribution < -0.4 is 15.0 Å². The highest BCUT2D eigenvalue weighted by Gasteiger charge is 2.35. The third kappa shape index (κ3) is 7.03. The molecule has 0 spiro atoms. The number of carbonyl (C=O) groups is 1. The molecule has 2 saturated heterocycles. The molecule has 0 amide bonds. The summed E-state index contributed by atoms with van der Waals surface area (Å²) in [4.78, 5) is 15.9. The van der Waals surface area contributed by atoms with Crippen LogP contribution in [0.5, 0.6) is 5.75 Å². The van der Waals surface area contributed by atoms with Crippen molar-refractivity contribution in [2.45, 2.75) is 44.0 Å². The average Bonchev–Trinajstić information content (AvgIpc) is 3.20. The maximum atomic E-state index is 11.5. The lowest BCUT2D eigenvalue weighted by Crippen LogP contribution is -2.49. The minimum absolute atomic E-state index is 0.0843. The molecule has 2 aromatic carbocycles. The van der Waals surface area contributed by atoms with Crippen LogP contribution in [0.15, 0.2) is 36.4 Å². The van der Waals surface area contributed by atoms with Crippen molar-refractivity contribution in [1.29, 1.82) is 0 Å². The van der Waals surface area contributed by atoms with Crippen LogP contribution >= 0.6 is 23.2 Å². The first-order chi connectivity index (χ1) is 17.3. The summed E-state index contributed by atoms with van der Waals surface area (Å²) in [5, 5.41) is 34.0. The largest absolute Gasteiger partial charge is 0.490 e. The van der Waals surface area contributed by atoms with Crippen LogP contribution in [0.4, 0.5) is 5.69 Å². The van der Waals surface area contributed by atoms with Crippen molar-refractivity contribution >= 4 is 34.9 Å². The summed E-state index contributed by atoms with van der Waals surface area (Å²) in [6, 6.07) is 11.4. The second kappa shape index (κ2) is 12.4. The number of aliphatic hydroxyl groups is 2. The minimum Gasteiger partial charge on any atom is -0.490 e. The standard InChI is InChI=1S/C26H33Cl2N3O5/c27-19-3-1-17(2-4-19)14-30-7-5-20(6-8-30)29-22-15-31(16-24(22)33)23-13-25(36-10-9-32)21(28)11-18(23)12-26(34)35/h1-4,11,13,20,22,24,29,32-33H,5-10,12,14-16H2,(H,34,35)/t22-,24-/m1/s1. The van der Waals surface area contributed by atoms with E-state index in [1.165, 1.54) is 5.56 Å². The van der Waals surface area contributed by atoms with Crippen molar-refractivity contribution in [2.24, 2.45) is 0 Å². The Hall–Kier alpha value is -2.07. The molecule has 0 radical (unpaired) electrons. The molecule has 2 atom stereocenters. The highest BCUT2D eigenvalue weighted by Crippen LogP contribution is 2.35. The van der Waals surface area contributed by atoms with Crippen molar-refractivity contribution in [3.05, 3.63) is 57.6 Å². The number of β-amino-alcohol motifs (C(OH)–C–C–N with tert-alkyl or cyclic N) is 1. The van der Waals surface area contributed by atoms with E-state index < -0.39 is 12.1 Å². The third-order valence-corrected chi connectivity index (χ3v) is 7.36. The minimum atomic E-state index is -0.962. The zero-order valence-corrected chi connectivity index (χ0v) is 21.6. The van der Waals surface area contributed by atoms with Crippen molar-refractivity contribution in [3.8, 4) is 5.75 Å². The summed E-state index contributed by atoms with van der Waals surface area (Å²) in [7, 11) is 0. The van der Waals surface area contributed by atoms with Crippen molar-refractivity contribution in [1.82, 2.24) is 10.2 Å². The van der Waals surface area contributed by atoms with E-state index in [4.69, 9.17) is 33.0 Å². The van der Waals surface area contributed by atoms with Crippen LogP contribution in [0, 0.1) is 0 Å². The molecule has 196 valence electrons. The Kier molecular flexibility index (Phi) is 9.33. The van der Waals surface area contributed by atoms with Gasteiger partial charge in [0.15, 0.2) is 0 Å². The number of hydrogen-bond donors (Lipinski definition) is 4. The first-order valence-electron chi connectivity index (χ1n) is 12.3. The normalized spacial score (nSPS) is 21.2. The van der Waals surface area contributed by atoms with Gasteiger partial charge in [0.1, 0.15) is 12.4 Å². The van der Waals surface area contributed by atoms with Gasteiger partial charge in [-0.05, 0) is 55.3 Å². The fraction of sp³-hybridized carbons (Fsp3) is 0.500. The second-order valence-electron chi connectivity index (χ2n) is 9.48. The van der Waals surface area contributed by atoms with E-state index in [-0.39, 0.29) is 25.7 Å². The highest BCUT2D eigenvalue weighted by molar-refractivity contribution is 6.32. The number of piperidine rings is 1. The molecule has 0 saturated carbocycles. The van der Waals surface area contributed by atoms with Crippen LogP contribution in [0.3, 0.4) is 0 Å². The van der Waals surface area contributed by atoms with Gasteiger partial charge in [-0.25, -0.2) is 0 Å². The second-order valence-corrected chi connectivity index (χ2v) is 10.3. The van der Waals surface area contributed by atoms with Crippen LogP contribution in [-0.2, 0) is 17.8 Å². The quantitative estimate of drug-likeness (QED) is 0.366. The lowest BCUT2D eigenvalue weighted by molar-refractivity contribution is -0.136. The number of benzene rings is 2. The van der Waals surface area contributed by atoms with Gasteiger partial charge in [0.2, 0.25) is 0 Å². The van der Waals surface area contributed by atoms with Gasteiger partial charge in [0.25, 0.3) is 0 Å². The van der Waals surface area contributed by atoms with Gasteiger partial charge >= 0.3 is 5.97 Å². The van der Waals surface area contributed by atoms with E-state index >= 15 is 0 Å². The van der Waals surface area contributed by atoms with E-state index in [2.05, 4.69) is 22.3 Å². The Balaban J connectivity index is 1.36. The molecule has 2 fully saturated rings. The highest BCUT2D eigenvalue weighted by atomic mass is 35.5. The van der Waals surface area contributed by atoms with Crippen LogP contribution in [0.2, 0.25) is 10.0 Å². The summed E-state index contributed by atoms with van der Waals surface area (Å²) < 4.78 is 5.53. The van der Waals surface area contributed by atoms with E-state index in [1.54, 1.807) is 12.1 Å². The summed E-state index contributed by atoms with van der Waals surface area (Å²) in [5.41, 5.74) is 2.48. The maximum absolute atomic E-state index is 11.5. The lowest BCUT2D eigenvalue weighted by atomic mass is 10.0. The lowest BCUT2D eigenvalue weighted by Gasteiger charge is -2.34. The number of aliphatic hydroxyl groups excluding tert-OH is 2. The van der Waals surface area contributed by atoms with Gasteiger partial charge in [-0.15, -0.1) is 0 Å². The zero-order chi connectivity index (χ0) is 25.7. The van der Waals surface area contributed by atoms with E-state index in [0.717, 1.165) is 37.5 Å². The molecule has 0 bridgehead atoms. The number of anilines is 1. The van der Waals surface area contributed by atoms with E-state index in [1.807, 2.05) is 17.0 Å². The molecule has 4 N–H and O–H groups in total. The predicted octanol–water partition coefficient (Wildman–Crippen LogP) is 2.80. The van der Waals surface area contributed by atoms with Gasteiger partial charge in [0, 0.05) is 42.5 Å². The van der Waals surface area contributed by atoms with Crippen molar-refractivity contribution in [2.75, 3.05) is 44.3 Å². The molecule has 2 aliphatic heterocycles. The van der Waals surface area contributed by atoms with Crippen LogP contribution in [0.1, 0.15) is 24.0 Å². The van der Waals surface area contributed by atoms with Gasteiger partial charge in [0.05, 0.1) is 30.2 Å². The Labute approximate surface area is 221 Å². The number of nitrogens with one attached hydrogen (secondary N) is 1. The number of carboxylic acid groups (broad SMARTS) is 1. The molecule has 2 aromatic rings. The molecule has 0 aromatic heterocycles. The van der Waals surface area contributed by atoms with Crippen LogP contribution in [0.25, 0.3) is 0 Å². The molecule has 10 heteroatoms. The van der Waals surface area contributed by atoms with Gasteiger partial charge < -0.3 is 30.3 Å². The Morgan fingerprint density at radius 1 is 1.11 bits per heavy atom. The van der Waals surface area contributed by atoms with Gasteiger partial charge in [-0.2, -0.15) is 0 Å². The van der Waals surface area contributed by atoms with Gasteiger partial charge in [-0.1, -0.05) is 35.3 Å². The van der Waals surface area contributed by atoms with Crippen molar-refractivity contribution < 1.29 is 24.9 Å². The van der Waals surface area contributed by atoms with Crippen LogP contribution in [-0.4, -0.2) is 83.8 Å². The SMILES string of the molecule is O=C(O)Cc1cc(Cl)c(OCCO)cc1N1C[C@@H](O)[C@H](NC2CCN(Cc3ccc(Cl)cc3)CC2)C1. The molecule has 0 aliphatic carbocycles. The summed E-state index contributed by atoms with van der Waals surface area (Å²) >= 11 is 12.3. The topological polar surface area (TPSA) is 106 Å². The van der Waals surface area contributed by atoms with Gasteiger partial charge in [-0.3, -0.25) is 9.69 Å². The summed E-state index contributed by atoms with van der Waals surface area (Å²) in [6.45, 7) is 3.68. The Bertz CT molecular complexity index is 1030. The van der Waals surface area contributed by atoms with Crippen molar-refractivity contribution in [3.63, 3.8) is 0 Å².